The van der Waals surface area contributed by atoms with Crippen molar-refractivity contribution in [2.75, 3.05) is 13.1 Å². The Balaban J connectivity index is 1.76. The molecule has 2 aromatic rings. The molecule has 0 aromatic heterocycles. The van der Waals surface area contributed by atoms with E-state index >= 15 is 0 Å². The van der Waals surface area contributed by atoms with Gasteiger partial charge >= 0.3 is 0 Å². The summed E-state index contributed by atoms with van der Waals surface area (Å²) >= 11 is 3.38. The van der Waals surface area contributed by atoms with Gasteiger partial charge in [0.05, 0.1) is 5.56 Å². The lowest BCUT2D eigenvalue weighted by atomic mass is 10.1. The maximum Gasteiger partial charge on any atom is 0.269 e. The molecule has 0 saturated carbocycles. The van der Waals surface area contributed by atoms with Crippen molar-refractivity contribution in [2.45, 2.75) is 50.6 Å². The van der Waals surface area contributed by atoms with E-state index in [0.29, 0.717) is 6.54 Å². The molecular formula is C24H28BrN3O5S. The third-order valence-electron chi connectivity index (χ3n) is 5.70. The summed E-state index contributed by atoms with van der Waals surface area (Å²) in [5.41, 5.74) is 0.923. The predicted molar refractivity (Wildman–Crippen MR) is 131 cm³/mol. The van der Waals surface area contributed by atoms with Gasteiger partial charge in [0, 0.05) is 30.5 Å². The van der Waals surface area contributed by atoms with Crippen molar-refractivity contribution < 1.29 is 22.8 Å². The van der Waals surface area contributed by atoms with Crippen molar-refractivity contribution in [3.8, 4) is 0 Å². The monoisotopic (exact) mass is 549 g/mol. The van der Waals surface area contributed by atoms with Gasteiger partial charge in [0.2, 0.25) is 11.8 Å². The maximum absolute atomic E-state index is 13.2. The quantitative estimate of drug-likeness (QED) is 0.458. The lowest BCUT2D eigenvalue weighted by Crippen LogP contribution is -2.48. The van der Waals surface area contributed by atoms with Crippen LogP contribution in [-0.2, 0) is 26.2 Å². The van der Waals surface area contributed by atoms with Crippen molar-refractivity contribution in [3.63, 3.8) is 0 Å². The third kappa shape index (κ3) is 5.67. The fraction of sp³-hybridized carbons (Fsp3) is 0.375. The summed E-state index contributed by atoms with van der Waals surface area (Å²) in [6.45, 7) is 4.06. The minimum absolute atomic E-state index is 0.0529. The number of unbranched alkanes of at least 4 members (excludes halogenated alkanes) is 1. The minimum Gasteiger partial charge on any atom is -0.354 e. The summed E-state index contributed by atoms with van der Waals surface area (Å²) in [4.78, 5) is 40.0. The van der Waals surface area contributed by atoms with Gasteiger partial charge in [-0.15, -0.1) is 0 Å². The Morgan fingerprint density at radius 3 is 2.44 bits per heavy atom. The molecule has 0 aliphatic carbocycles. The first-order chi connectivity index (χ1) is 16.2. The molecule has 8 nitrogen and oxygen atoms in total. The van der Waals surface area contributed by atoms with Crippen LogP contribution in [0.1, 0.15) is 49.0 Å². The van der Waals surface area contributed by atoms with Crippen LogP contribution < -0.4 is 5.32 Å². The number of halogens is 1. The SMILES string of the molecule is CCCCNC(=O)[C@@H](C)N(Cc1ccc(Br)cc1)C(=O)CCN1C(=O)c2ccccc2S1(=O)=O. The molecule has 0 bridgehead atoms. The minimum atomic E-state index is -4.00. The predicted octanol–water partition coefficient (Wildman–Crippen LogP) is 3.32. The molecule has 0 spiro atoms. The van der Waals surface area contributed by atoms with Gasteiger partial charge in [-0.3, -0.25) is 14.4 Å². The topological polar surface area (TPSA) is 104 Å². The number of nitrogens with zero attached hydrogens (tertiary/aromatic N) is 2. The van der Waals surface area contributed by atoms with Gasteiger partial charge in [-0.25, -0.2) is 12.7 Å². The number of carbonyl (C=O) groups excluding carboxylic acids is 3. The molecule has 1 aliphatic rings. The molecular weight excluding hydrogens is 522 g/mol. The highest BCUT2D eigenvalue weighted by Gasteiger charge is 2.41. The second-order valence-electron chi connectivity index (χ2n) is 8.10. The van der Waals surface area contributed by atoms with Gasteiger partial charge in [-0.1, -0.05) is 53.5 Å². The Hall–Kier alpha value is -2.72. The first kappa shape index (κ1) is 25.9. The summed E-state index contributed by atoms with van der Waals surface area (Å²) in [6, 6.07) is 12.6. The Bertz CT molecular complexity index is 1170. The van der Waals surface area contributed by atoms with Crippen LogP contribution in [0.5, 0.6) is 0 Å². The third-order valence-corrected chi connectivity index (χ3v) is 8.07. The van der Waals surface area contributed by atoms with Gasteiger partial charge in [-0.2, -0.15) is 0 Å². The Labute approximate surface area is 208 Å². The van der Waals surface area contributed by atoms with Crippen molar-refractivity contribution in [1.82, 2.24) is 14.5 Å². The van der Waals surface area contributed by atoms with E-state index in [9.17, 15) is 22.8 Å². The van der Waals surface area contributed by atoms with Crippen molar-refractivity contribution >= 4 is 43.7 Å². The molecule has 3 amide bonds. The number of hydrogen-bond acceptors (Lipinski definition) is 5. The van der Waals surface area contributed by atoms with Gasteiger partial charge < -0.3 is 10.2 Å². The fourth-order valence-electron chi connectivity index (χ4n) is 3.70. The highest BCUT2D eigenvalue weighted by Crippen LogP contribution is 2.30. The van der Waals surface area contributed by atoms with E-state index in [1.165, 1.54) is 17.0 Å². The van der Waals surface area contributed by atoms with E-state index in [2.05, 4.69) is 21.2 Å². The highest BCUT2D eigenvalue weighted by molar-refractivity contribution is 9.10. The molecule has 0 radical (unpaired) electrons. The molecule has 1 N–H and O–H groups in total. The molecule has 0 fully saturated rings. The van der Waals surface area contributed by atoms with E-state index in [1.807, 2.05) is 31.2 Å². The number of rotatable bonds is 10. The summed E-state index contributed by atoms with van der Waals surface area (Å²) in [5.74, 6) is -1.34. The Morgan fingerprint density at radius 1 is 1.12 bits per heavy atom. The Kier molecular flexibility index (Phi) is 8.48. The largest absolute Gasteiger partial charge is 0.354 e. The van der Waals surface area contributed by atoms with E-state index in [4.69, 9.17) is 0 Å². The number of benzene rings is 2. The zero-order valence-corrected chi connectivity index (χ0v) is 21.6. The molecule has 34 heavy (non-hydrogen) atoms. The van der Waals surface area contributed by atoms with Crippen molar-refractivity contribution in [2.24, 2.45) is 0 Å². The van der Waals surface area contributed by atoms with Gasteiger partial charge in [0.15, 0.2) is 0 Å². The molecule has 0 unspecified atom stereocenters. The van der Waals surface area contributed by atoms with Crippen LogP contribution in [0.2, 0.25) is 0 Å². The number of nitrogens with one attached hydrogen (secondary N) is 1. The highest BCUT2D eigenvalue weighted by atomic mass is 79.9. The lowest BCUT2D eigenvalue weighted by Gasteiger charge is -2.29. The first-order valence-electron chi connectivity index (χ1n) is 11.1. The maximum atomic E-state index is 13.2. The van der Waals surface area contributed by atoms with Crippen LogP contribution in [0.4, 0.5) is 0 Å². The zero-order chi connectivity index (χ0) is 24.9. The average molecular weight is 550 g/mol. The van der Waals surface area contributed by atoms with Crippen LogP contribution in [0.15, 0.2) is 57.9 Å². The molecule has 3 rings (SSSR count). The molecule has 1 atom stereocenters. The smallest absolute Gasteiger partial charge is 0.269 e. The molecule has 0 saturated heterocycles. The summed E-state index contributed by atoms with van der Waals surface area (Å²) in [7, 11) is -4.00. The van der Waals surface area contributed by atoms with Crippen molar-refractivity contribution in [3.05, 3.63) is 64.1 Å². The van der Waals surface area contributed by atoms with E-state index < -0.39 is 27.9 Å². The molecule has 1 aliphatic heterocycles. The second kappa shape index (κ2) is 11.1. The Morgan fingerprint density at radius 2 is 1.79 bits per heavy atom. The number of fused-ring (bicyclic) bond motifs is 1. The second-order valence-corrected chi connectivity index (χ2v) is 10.8. The van der Waals surface area contributed by atoms with Gasteiger partial charge in [-0.05, 0) is 43.2 Å². The number of carbonyl (C=O) groups is 3. The van der Waals surface area contributed by atoms with Gasteiger partial charge in [0.25, 0.3) is 15.9 Å². The standard InChI is InChI=1S/C24H28BrN3O5S/c1-3-4-14-26-23(30)17(2)27(16-18-9-11-19(25)12-10-18)22(29)13-15-28-24(31)20-7-5-6-8-21(20)34(28,32)33/h5-12,17H,3-4,13-16H2,1-2H3,(H,26,30)/t17-/m1/s1. The summed E-state index contributed by atoms with van der Waals surface area (Å²) in [5, 5.41) is 2.84. The number of amides is 3. The molecule has 1 heterocycles. The molecule has 10 heteroatoms. The van der Waals surface area contributed by atoms with Crippen LogP contribution in [0.3, 0.4) is 0 Å². The molecule has 2 aromatic carbocycles. The number of sulfonamides is 1. The van der Waals surface area contributed by atoms with E-state index in [1.54, 1.807) is 19.1 Å². The lowest BCUT2D eigenvalue weighted by molar-refractivity contribution is -0.140. The fourth-order valence-corrected chi connectivity index (χ4v) is 5.53. The van der Waals surface area contributed by atoms with Crippen LogP contribution >= 0.6 is 15.9 Å². The van der Waals surface area contributed by atoms with Crippen LogP contribution in [-0.4, -0.2) is 54.5 Å². The van der Waals surface area contributed by atoms with Crippen LogP contribution in [0, 0.1) is 0 Å². The molecule has 182 valence electrons. The van der Waals surface area contributed by atoms with Crippen molar-refractivity contribution in [1.29, 1.82) is 0 Å². The zero-order valence-electron chi connectivity index (χ0n) is 19.2. The van der Waals surface area contributed by atoms with E-state index in [-0.39, 0.29) is 35.9 Å². The summed E-state index contributed by atoms with van der Waals surface area (Å²) in [6.07, 6.45) is 1.52. The average Bonchev–Trinajstić information content (AvgIpc) is 3.02. The normalized spacial score (nSPS) is 15.0. The van der Waals surface area contributed by atoms with Gasteiger partial charge in [0.1, 0.15) is 10.9 Å². The summed E-state index contributed by atoms with van der Waals surface area (Å²) < 4.78 is 27.2. The van der Waals surface area contributed by atoms with Crippen LogP contribution in [0.25, 0.3) is 0 Å². The van der Waals surface area contributed by atoms with E-state index in [0.717, 1.165) is 27.2 Å². The first-order valence-corrected chi connectivity index (χ1v) is 13.4. The number of hydrogen-bond donors (Lipinski definition) is 1.